The monoisotopic (exact) mass is 693 g/mol. The van der Waals surface area contributed by atoms with E-state index in [2.05, 4.69) is 193 Å². The first-order valence-electron chi connectivity index (χ1n) is 18.2. The average Bonchev–Trinajstić information content (AvgIpc) is 3.56. The quantitative estimate of drug-likeness (QED) is 0.145. The molecule has 0 aliphatic carbocycles. The summed E-state index contributed by atoms with van der Waals surface area (Å²) >= 11 is 0. The average molecular weight is 694 g/mol. The SMILES string of the molecule is c1ccc([Si](c2ccccc2)(c2ccccc2)c2ccc3c4ccccc4n(-c4ccc5c6c4Oc4ccccc4B6c4ccccc4O5)c3c2)cc1. The van der Waals surface area contributed by atoms with E-state index in [1.807, 2.05) is 6.07 Å². The molecule has 0 unspecified atom stereocenters. The molecule has 0 amide bonds. The van der Waals surface area contributed by atoms with Crippen molar-refractivity contribution < 1.29 is 9.47 Å². The molecule has 3 heterocycles. The first-order valence-corrected chi connectivity index (χ1v) is 20.2. The van der Waals surface area contributed by atoms with Gasteiger partial charge in [-0.1, -0.05) is 158 Å². The number of benzene rings is 8. The van der Waals surface area contributed by atoms with Gasteiger partial charge in [-0.15, -0.1) is 0 Å². The minimum absolute atomic E-state index is 0.00667. The Kier molecular flexibility index (Phi) is 6.67. The van der Waals surface area contributed by atoms with E-state index < -0.39 is 8.07 Å². The predicted octanol–water partition coefficient (Wildman–Crippen LogP) is 6.89. The van der Waals surface area contributed by atoms with E-state index in [1.165, 1.54) is 31.5 Å². The molecule has 53 heavy (non-hydrogen) atoms. The van der Waals surface area contributed by atoms with Gasteiger partial charge in [0.2, 0.25) is 0 Å². The molecule has 0 atom stereocenters. The molecule has 1 aromatic heterocycles. The Morgan fingerprint density at radius 3 is 1.57 bits per heavy atom. The second-order valence-corrected chi connectivity index (χ2v) is 17.8. The predicted molar refractivity (Wildman–Crippen MR) is 222 cm³/mol. The topological polar surface area (TPSA) is 23.4 Å². The van der Waals surface area contributed by atoms with Crippen LogP contribution in [0.4, 0.5) is 0 Å². The molecule has 9 aromatic rings. The van der Waals surface area contributed by atoms with Crippen LogP contribution < -0.4 is 46.6 Å². The van der Waals surface area contributed by atoms with Gasteiger partial charge in [-0.3, -0.25) is 0 Å². The van der Waals surface area contributed by atoms with Gasteiger partial charge in [0, 0.05) is 16.2 Å². The molecular weight excluding hydrogens is 661 g/mol. The summed E-state index contributed by atoms with van der Waals surface area (Å²) < 4.78 is 16.0. The second kappa shape index (κ2) is 11.7. The fourth-order valence-electron chi connectivity index (χ4n) is 9.07. The van der Waals surface area contributed by atoms with Gasteiger partial charge in [0.1, 0.15) is 23.0 Å². The fourth-order valence-corrected chi connectivity index (χ4v) is 13.8. The lowest BCUT2D eigenvalue weighted by molar-refractivity contribution is 0.463. The van der Waals surface area contributed by atoms with E-state index in [9.17, 15) is 0 Å². The molecule has 0 N–H and O–H groups in total. The Hall–Kier alpha value is -6.56. The molecule has 0 bridgehead atoms. The molecule has 0 fully saturated rings. The van der Waals surface area contributed by atoms with E-state index in [-0.39, 0.29) is 6.71 Å². The van der Waals surface area contributed by atoms with Gasteiger partial charge in [-0.05, 0) is 68.1 Å². The standard InChI is InChI=1S/C48H32BNO2Si/c1-4-16-33(17-5-1)53(34-18-6-2-7-19-34,35-20-8-3-9-21-35)36-28-29-38-37-22-10-13-25-41(37)50(43(38)32-36)42-30-31-46-47-48(42)52-45-27-15-12-24-40(45)49(47)39-23-11-14-26-44(39)51-46/h1-32H. The van der Waals surface area contributed by atoms with Crippen molar-refractivity contribution in [3.8, 4) is 28.7 Å². The summed E-state index contributed by atoms with van der Waals surface area (Å²) in [7, 11) is -2.79. The fraction of sp³-hybridized carbons (Fsp3) is 0. The number of aromatic nitrogens is 1. The van der Waals surface area contributed by atoms with E-state index in [1.54, 1.807) is 0 Å². The summed E-state index contributed by atoms with van der Waals surface area (Å²) in [5, 5.41) is 7.79. The lowest BCUT2D eigenvalue weighted by Gasteiger charge is -2.35. The zero-order valence-corrected chi connectivity index (χ0v) is 29.8. The largest absolute Gasteiger partial charge is 0.458 e. The van der Waals surface area contributed by atoms with Crippen molar-refractivity contribution >= 4 is 73.7 Å². The highest BCUT2D eigenvalue weighted by atomic mass is 28.3. The zero-order valence-electron chi connectivity index (χ0n) is 28.8. The van der Waals surface area contributed by atoms with Crippen LogP contribution in [0.1, 0.15) is 0 Å². The lowest BCUT2D eigenvalue weighted by atomic mass is 9.35. The minimum Gasteiger partial charge on any atom is -0.458 e. The Morgan fingerprint density at radius 2 is 0.925 bits per heavy atom. The number of hydrogen-bond acceptors (Lipinski definition) is 2. The molecule has 0 saturated heterocycles. The van der Waals surface area contributed by atoms with Crippen LogP contribution in [0.5, 0.6) is 23.0 Å². The van der Waals surface area contributed by atoms with Gasteiger partial charge < -0.3 is 14.0 Å². The van der Waals surface area contributed by atoms with Crippen molar-refractivity contribution in [3.63, 3.8) is 0 Å². The number of para-hydroxylation sites is 3. The summed E-state index contributed by atoms with van der Waals surface area (Å²) in [4.78, 5) is 0. The molecule has 5 heteroatoms. The maximum absolute atomic E-state index is 7.01. The van der Waals surface area contributed by atoms with Crippen molar-refractivity contribution in [1.29, 1.82) is 0 Å². The van der Waals surface area contributed by atoms with Gasteiger partial charge in [0.25, 0.3) is 6.71 Å². The molecule has 2 aliphatic heterocycles. The van der Waals surface area contributed by atoms with E-state index in [0.29, 0.717) is 0 Å². The van der Waals surface area contributed by atoms with Crippen LogP contribution in [0, 0.1) is 0 Å². The minimum atomic E-state index is -2.79. The van der Waals surface area contributed by atoms with Gasteiger partial charge in [-0.25, -0.2) is 0 Å². The highest BCUT2D eigenvalue weighted by Gasteiger charge is 2.43. The van der Waals surface area contributed by atoms with Gasteiger partial charge in [0.15, 0.2) is 8.07 Å². The molecule has 0 radical (unpaired) electrons. The molecule has 248 valence electrons. The van der Waals surface area contributed by atoms with Crippen molar-refractivity contribution in [2.45, 2.75) is 0 Å². The van der Waals surface area contributed by atoms with Crippen LogP contribution in [0.3, 0.4) is 0 Å². The van der Waals surface area contributed by atoms with Crippen molar-refractivity contribution in [2.24, 2.45) is 0 Å². The zero-order chi connectivity index (χ0) is 34.9. The van der Waals surface area contributed by atoms with Crippen LogP contribution in [-0.4, -0.2) is 19.4 Å². The summed E-state index contributed by atoms with van der Waals surface area (Å²) in [6, 6.07) is 70.5. The number of hydrogen-bond donors (Lipinski definition) is 0. The summed E-state index contributed by atoms with van der Waals surface area (Å²) in [5.41, 5.74) is 6.67. The number of nitrogens with zero attached hydrogens (tertiary/aromatic N) is 1. The smallest absolute Gasteiger partial charge is 0.260 e. The molecular formula is C48H32BNO2Si. The van der Waals surface area contributed by atoms with Crippen LogP contribution in [0.25, 0.3) is 27.5 Å². The van der Waals surface area contributed by atoms with Gasteiger partial charge >= 0.3 is 0 Å². The van der Waals surface area contributed by atoms with Crippen molar-refractivity contribution in [3.05, 3.63) is 194 Å². The molecule has 3 nitrogen and oxygen atoms in total. The highest BCUT2D eigenvalue weighted by molar-refractivity contribution is 7.20. The first-order chi connectivity index (χ1) is 26.3. The van der Waals surface area contributed by atoms with Crippen LogP contribution in [0.15, 0.2) is 194 Å². The van der Waals surface area contributed by atoms with E-state index in [0.717, 1.165) is 56.1 Å². The first kappa shape index (κ1) is 30.1. The van der Waals surface area contributed by atoms with Crippen LogP contribution in [-0.2, 0) is 0 Å². The molecule has 0 spiro atoms. The third-order valence-corrected chi connectivity index (χ3v) is 16.1. The molecule has 0 saturated carbocycles. The van der Waals surface area contributed by atoms with Crippen LogP contribution in [0.2, 0.25) is 0 Å². The lowest BCUT2D eigenvalue weighted by Crippen LogP contribution is -2.74. The maximum atomic E-state index is 7.01. The third-order valence-electron chi connectivity index (χ3n) is 11.3. The highest BCUT2D eigenvalue weighted by Crippen LogP contribution is 2.41. The normalized spacial score (nSPS) is 12.8. The second-order valence-electron chi connectivity index (χ2n) is 14.0. The number of fused-ring (bicyclic) bond motifs is 7. The Labute approximate surface area is 309 Å². The number of ether oxygens (including phenoxy) is 2. The summed E-state index contributed by atoms with van der Waals surface area (Å²) in [6.45, 7) is -0.00667. The molecule has 8 aromatic carbocycles. The van der Waals surface area contributed by atoms with Crippen molar-refractivity contribution in [1.82, 2.24) is 4.57 Å². The van der Waals surface area contributed by atoms with E-state index in [4.69, 9.17) is 9.47 Å². The van der Waals surface area contributed by atoms with Gasteiger partial charge in [-0.2, -0.15) is 0 Å². The third kappa shape index (κ3) is 4.35. The summed E-state index contributed by atoms with van der Waals surface area (Å²) in [6.07, 6.45) is 0. The Morgan fingerprint density at radius 1 is 0.396 bits per heavy atom. The summed E-state index contributed by atoms with van der Waals surface area (Å²) in [5.74, 6) is 3.45. The number of rotatable bonds is 5. The van der Waals surface area contributed by atoms with Gasteiger partial charge in [0.05, 0.1) is 16.7 Å². The van der Waals surface area contributed by atoms with E-state index >= 15 is 0 Å². The Bertz CT molecular complexity index is 2750. The van der Waals surface area contributed by atoms with Crippen LogP contribution >= 0.6 is 0 Å². The maximum Gasteiger partial charge on any atom is 0.260 e. The molecule has 11 rings (SSSR count). The Balaban J connectivity index is 1.23. The van der Waals surface area contributed by atoms with Crippen molar-refractivity contribution in [2.75, 3.05) is 0 Å². The molecule has 2 aliphatic rings.